The summed E-state index contributed by atoms with van der Waals surface area (Å²) >= 11 is 0. The Morgan fingerprint density at radius 3 is 2.37 bits per heavy atom. The van der Waals surface area contributed by atoms with Crippen molar-refractivity contribution in [2.45, 2.75) is 43.9 Å². The van der Waals surface area contributed by atoms with E-state index in [4.69, 9.17) is 0 Å². The van der Waals surface area contributed by atoms with Gasteiger partial charge in [-0.3, -0.25) is 9.78 Å². The second-order valence-electron chi connectivity index (χ2n) is 10.6. The molecule has 1 aliphatic heterocycles. The Kier molecular flexibility index (Phi) is 5.47. The monoisotopic (exact) mass is 507 g/mol. The number of alkyl halides is 3. The van der Waals surface area contributed by atoms with E-state index in [0.29, 0.717) is 10.6 Å². The standard InChI is InChI=1S/C25H28F3N3O3S/c1-24(2)18-7-5-4-6-14(18)10-20(24)30-15-8-9-19(29-11-15)22(25(26,27)28)31(3)23(32)21-16-12-35(33,34)13-17(16)21/h4-9,11,16-17,20-22,30H,10,12-13H2,1-3H3/t16?,17?,20?,21?,22-/m0/s1. The lowest BCUT2D eigenvalue weighted by molar-refractivity contribution is -0.190. The zero-order chi connectivity index (χ0) is 25.3. The molecule has 0 radical (unpaired) electrons. The summed E-state index contributed by atoms with van der Waals surface area (Å²) in [4.78, 5) is 17.6. The summed E-state index contributed by atoms with van der Waals surface area (Å²) in [6.07, 6.45) is -2.55. The van der Waals surface area contributed by atoms with Crippen molar-refractivity contribution >= 4 is 21.4 Å². The van der Waals surface area contributed by atoms with E-state index in [1.165, 1.54) is 23.4 Å². The maximum atomic E-state index is 14.0. The summed E-state index contributed by atoms with van der Waals surface area (Å²) in [6.45, 7) is 4.27. The maximum absolute atomic E-state index is 14.0. The van der Waals surface area contributed by atoms with E-state index in [-0.39, 0.29) is 40.5 Å². The highest BCUT2D eigenvalue weighted by Crippen LogP contribution is 2.54. The minimum Gasteiger partial charge on any atom is -0.380 e. The minimum atomic E-state index is -4.72. The smallest absolute Gasteiger partial charge is 0.380 e. The molecule has 2 heterocycles. The Balaban J connectivity index is 1.31. The number of halogens is 3. The van der Waals surface area contributed by atoms with Crippen LogP contribution in [0.3, 0.4) is 0 Å². The van der Waals surface area contributed by atoms with Gasteiger partial charge in [-0.05, 0) is 41.5 Å². The zero-order valence-electron chi connectivity index (χ0n) is 19.7. The molecule has 4 atom stereocenters. The van der Waals surface area contributed by atoms with Crippen molar-refractivity contribution < 1.29 is 26.4 Å². The van der Waals surface area contributed by atoms with Crippen LogP contribution in [0, 0.1) is 17.8 Å². The lowest BCUT2D eigenvalue weighted by atomic mass is 9.83. The average Bonchev–Trinajstić information content (AvgIpc) is 3.18. The van der Waals surface area contributed by atoms with Crippen LogP contribution >= 0.6 is 0 Å². The molecular weight excluding hydrogens is 479 g/mol. The van der Waals surface area contributed by atoms with Gasteiger partial charge in [0.15, 0.2) is 15.9 Å². The number of carbonyl (C=O) groups is 1. The molecule has 3 aliphatic rings. The third kappa shape index (κ3) is 4.19. The molecule has 3 unspecified atom stereocenters. The van der Waals surface area contributed by atoms with E-state index < -0.39 is 33.9 Å². The Morgan fingerprint density at radius 2 is 1.80 bits per heavy atom. The van der Waals surface area contributed by atoms with Gasteiger partial charge in [-0.25, -0.2) is 8.42 Å². The van der Waals surface area contributed by atoms with Gasteiger partial charge in [0, 0.05) is 24.4 Å². The van der Waals surface area contributed by atoms with Gasteiger partial charge in [-0.1, -0.05) is 38.1 Å². The van der Waals surface area contributed by atoms with Gasteiger partial charge >= 0.3 is 6.18 Å². The van der Waals surface area contributed by atoms with Gasteiger partial charge in [0.1, 0.15) is 0 Å². The number of sulfone groups is 1. The molecule has 1 saturated heterocycles. The highest BCUT2D eigenvalue weighted by Gasteiger charge is 2.63. The van der Waals surface area contributed by atoms with Crippen molar-refractivity contribution in [3.8, 4) is 0 Å². The van der Waals surface area contributed by atoms with Crippen LogP contribution in [-0.4, -0.2) is 55.0 Å². The molecule has 1 saturated carbocycles. The molecule has 5 rings (SSSR count). The van der Waals surface area contributed by atoms with Crippen LogP contribution in [0.5, 0.6) is 0 Å². The SMILES string of the molecule is CN(C(=O)C1C2CS(=O)(=O)CC21)[C@@H](c1ccc(NC2Cc3ccccc3C2(C)C)cn1)C(F)(F)F. The van der Waals surface area contributed by atoms with E-state index >= 15 is 0 Å². The topological polar surface area (TPSA) is 79.4 Å². The predicted molar refractivity (Wildman–Crippen MR) is 126 cm³/mol. The van der Waals surface area contributed by atoms with Crippen LogP contribution in [0.4, 0.5) is 18.9 Å². The molecule has 1 aromatic carbocycles. The van der Waals surface area contributed by atoms with E-state index in [2.05, 4.69) is 36.3 Å². The fraction of sp³-hybridized carbons (Fsp3) is 0.520. The number of pyridine rings is 1. The Morgan fingerprint density at radius 1 is 1.14 bits per heavy atom. The van der Waals surface area contributed by atoms with Gasteiger partial charge in [0.2, 0.25) is 5.91 Å². The molecular formula is C25H28F3N3O3S. The molecule has 10 heteroatoms. The summed E-state index contributed by atoms with van der Waals surface area (Å²) in [7, 11) is -2.07. The second-order valence-corrected chi connectivity index (χ2v) is 12.7. The average molecular weight is 508 g/mol. The molecule has 1 aromatic heterocycles. The molecule has 1 amide bonds. The van der Waals surface area contributed by atoms with Crippen LogP contribution < -0.4 is 5.32 Å². The Hall–Kier alpha value is -2.62. The van der Waals surface area contributed by atoms with Crippen molar-refractivity contribution in [3.05, 3.63) is 59.4 Å². The number of hydrogen-bond acceptors (Lipinski definition) is 5. The van der Waals surface area contributed by atoms with Gasteiger partial charge in [-0.15, -0.1) is 0 Å². The third-order valence-corrected chi connectivity index (χ3v) is 9.75. The number of carbonyl (C=O) groups excluding carboxylic acids is 1. The molecule has 6 nitrogen and oxygen atoms in total. The van der Waals surface area contributed by atoms with Crippen molar-refractivity contribution in [2.75, 3.05) is 23.9 Å². The summed E-state index contributed by atoms with van der Waals surface area (Å²) in [5.74, 6) is -2.34. The van der Waals surface area contributed by atoms with Crippen LogP contribution in [0.25, 0.3) is 0 Å². The largest absolute Gasteiger partial charge is 0.414 e. The number of hydrogen-bond donors (Lipinski definition) is 1. The van der Waals surface area contributed by atoms with E-state index in [1.807, 2.05) is 12.1 Å². The number of nitrogens with zero attached hydrogens (tertiary/aromatic N) is 2. The molecule has 2 aromatic rings. The van der Waals surface area contributed by atoms with Gasteiger partial charge in [0.05, 0.1) is 29.1 Å². The van der Waals surface area contributed by atoms with Crippen LogP contribution in [0.2, 0.25) is 0 Å². The second kappa shape index (κ2) is 7.94. The third-order valence-electron chi connectivity index (χ3n) is 7.97. The van der Waals surface area contributed by atoms with Crippen molar-refractivity contribution in [1.29, 1.82) is 0 Å². The number of aromatic nitrogens is 1. The first-order chi connectivity index (χ1) is 16.3. The fourth-order valence-electron chi connectivity index (χ4n) is 5.94. The summed E-state index contributed by atoms with van der Waals surface area (Å²) in [6, 6.07) is 8.91. The number of nitrogens with one attached hydrogen (secondary N) is 1. The van der Waals surface area contributed by atoms with Crippen LogP contribution in [0.1, 0.15) is 36.7 Å². The molecule has 188 valence electrons. The van der Waals surface area contributed by atoms with E-state index in [9.17, 15) is 26.4 Å². The first kappa shape index (κ1) is 24.1. The predicted octanol–water partition coefficient (Wildman–Crippen LogP) is 3.75. The summed E-state index contributed by atoms with van der Waals surface area (Å²) in [5.41, 5.74) is 2.67. The summed E-state index contributed by atoms with van der Waals surface area (Å²) in [5, 5.41) is 3.42. The van der Waals surface area contributed by atoms with E-state index in [0.717, 1.165) is 13.5 Å². The molecule has 0 spiro atoms. The van der Waals surface area contributed by atoms with Gasteiger partial charge in [-0.2, -0.15) is 13.2 Å². The first-order valence-electron chi connectivity index (χ1n) is 11.6. The van der Waals surface area contributed by atoms with E-state index in [1.54, 1.807) is 6.07 Å². The molecule has 35 heavy (non-hydrogen) atoms. The lowest BCUT2D eigenvalue weighted by Gasteiger charge is -2.31. The van der Waals surface area contributed by atoms with Crippen molar-refractivity contribution in [1.82, 2.24) is 9.88 Å². The van der Waals surface area contributed by atoms with Crippen LogP contribution in [-0.2, 0) is 26.5 Å². The van der Waals surface area contributed by atoms with Crippen molar-refractivity contribution in [2.24, 2.45) is 17.8 Å². The Bertz CT molecular complexity index is 1240. The molecule has 1 N–H and O–H groups in total. The number of benzene rings is 1. The number of anilines is 1. The Labute approximate surface area is 202 Å². The lowest BCUT2D eigenvalue weighted by Crippen LogP contribution is -2.42. The highest BCUT2D eigenvalue weighted by atomic mass is 32.2. The molecule has 2 aliphatic carbocycles. The number of rotatable bonds is 5. The molecule has 0 bridgehead atoms. The number of fused-ring (bicyclic) bond motifs is 2. The van der Waals surface area contributed by atoms with Crippen molar-refractivity contribution in [3.63, 3.8) is 0 Å². The quantitative estimate of drug-likeness (QED) is 0.667. The summed E-state index contributed by atoms with van der Waals surface area (Å²) < 4.78 is 65.5. The van der Waals surface area contributed by atoms with Crippen LogP contribution in [0.15, 0.2) is 42.6 Å². The zero-order valence-corrected chi connectivity index (χ0v) is 20.5. The first-order valence-corrected chi connectivity index (χ1v) is 13.5. The molecule has 2 fully saturated rings. The highest BCUT2D eigenvalue weighted by molar-refractivity contribution is 7.91. The van der Waals surface area contributed by atoms with Gasteiger partial charge < -0.3 is 10.2 Å². The fourth-order valence-corrected chi connectivity index (χ4v) is 8.16. The minimum absolute atomic E-state index is 0.0563. The number of amides is 1. The van der Waals surface area contributed by atoms with Gasteiger partial charge in [0.25, 0.3) is 0 Å². The maximum Gasteiger partial charge on any atom is 0.414 e. The normalized spacial score (nSPS) is 28.6.